The van der Waals surface area contributed by atoms with Crippen molar-refractivity contribution in [1.82, 2.24) is 10.3 Å². The van der Waals surface area contributed by atoms with Gasteiger partial charge in [-0.2, -0.15) is 0 Å². The molecule has 1 aromatic heterocycles. The van der Waals surface area contributed by atoms with Crippen LogP contribution >= 0.6 is 15.9 Å². The molecule has 0 saturated carbocycles. The zero-order valence-corrected chi connectivity index (χ0v) is 12.6. The smallest absolute Gasteiger partial charge is 0.254 e. The number of pyridine rings is 1. The van der Waals surface area contributed by atoms with Crippen LogP contribution < -0.4 is 5.32 Å². The molecule has 1 aromatic carbocycles. The van der Waals surface area contributed by atoms with Gasteiger partial charge in [-0.15, -0.1) is 0 Å². The highest BCUT2D eigenvalue weighted by atomic mass is 79.9. The van der Waals surface area contributed by atoms with Gasteiger partial charge in [0.25, 0.3) is 5.91 Å². The molecule has 2 aromatic rings. The van der Waals surface area contributed by atoms with Gasteiger partial charge in [-0.3, -0.25) is 4.79 Å². The number of carbonyl (C=O) groups is 1. The van der Waals surface area contributed by atoms with Crippen molar-refractivity contribution in [2.75, 3.05) is 0 Å². The van der Waals surface area contributed by atoms with E-state index in [0.717, 1.165) is 16.8 Å². The van der Waals surface area contributed by atoms with Crippen molar-refractivity contribution in [3.63, 3.8) is 0 Å². The molecule has 0 aliphatic carbocycles. The lowest BCUT2D eigenvalue weighted by Crippen LogP contribution is -2.24. The quantitative estimate of drug-likeness (QED) is 0.845. The summed E-state index contributed by atoms with van der Waals surface area (Å²) in [6.45, 7) is 2.20. The van der Waals surface area contributed by atoms with Crippen LogP contribution in [-0.2, 0) is 13.2 Å². The Morgan fingerprint density at radius 3 is 2.60 bits per heavy atom. The van der Waals surface area contributed by atoms with Gasteiger partial charge in [0.05, 0.1) is 12.2 Å². The molecule has 20 heavy (non-hydrogen) atoms. The van der Waals surface area contributed by atoms with Crippen LogP contribution in [0.25, 0.3) is 0 Å². The normalized spacial score (nSPS) is 10.3. The second-order valence-corrected chi connectivity index (χ2v) is 5.15. The molecule has 0 spiro atoms. The summed E-state index contributed by atoms with van der Waals surface area (Å²) in [4.78, 5) is 16.3. The van der Waals surface area contributed by atoms with Gasteiger partial charge in [-0.1, -0.05) is 24.3 Å². The molecular weight excluding hydrogens is 320 g/mol. The first-order valence-corrected chi connectivity index (χ1v) is 7.00. The molecule has 2 N–H and O–H groups in total. The van der Waals surface area contributed by atoms with Crippen LogP contribution in [0.3, 0.4) is 0 Å². The number of hydrogen-bond donors (Lipinski definition) is 2. The highest BCUT2D eigenvalue weighted by Crippen LogP contribution is 2.15. The zero-order chi connectivity index (χ0) is 14.5. The fraction of sp³-hybridized carbons (Fsp3) is 0.200. The number of amides is 1. The third-order valence-electron chi connectivity index (χ3n) is 2.96. The Kier molecular flexibility index (Phi) is 4.87. The molecule has 2 rings (SSSR count). The third-order valence-corrected chi connectivity index (χ3v) is 3.57. The molecule has 0 unspecified atom stereocenters. The zero-order valence-electron chi connectivity index (χ0n) is 11.1. The number of carbonyl (C=O) groups excluding carboxylic acids is 1. The summed E-state index contributed by atoms with van der Waals surface area (Å²) < 4.78 is 0.533. The number of hydrogen-bond acceptors (Lipinski definition) is 3. The fourth-order valence-corrected chi connectivity index (χ4v) is 2.44. The van der Waals surface area contributed by atoms with Gasteiger partial charge in [0.2, 0.25) is 0 Å². The minimum atomic E-state index is -0.197. The van der Waals surface area contributed by atoms with Gasteiger partial charge in [-0.25, -0.2) is 4.98 Å². The predicted octanol–water partition coefficient (Wildman–Crippen LogP) is 2.57. The van der Waals surface area contributed by atoms with Crippen molar-refractivity contribution in [2.45, 2.75) is 20.1 Å². The maximum absolute atomic E-state index is 12.1. The van der Waals surface area contributed by atoms with Gasteiger partial charge in [0.1, 0.15) is 4.60 Å². The van der Waals surface area contributed by atoms with E-state index in [1.54, 1.807) is 12.1 Å². The lowest BCUT2D eigenvalue weighted by atomic mass is 10.1. The van der Waals surface area contributed by atoms with Crippen molar-refractivity contribution in [3.8, 4) is 0 Å². The molecule has 0 saturated heterocycles. The van der Waals surface area contributed by atoms with Crippen molar-refractivity contribution < 1.29 is 9.90 Å². The first-order valence-electron chi connectivity index (χ1n) is 6.21. The predicted molar refractivity (Wildman–Crippen MR) is 80.2 cm³/mol. The summed E-state index contributed by atoms with van der Waals surface area (Å²) in [6.07, 6.45) is 0. The maximum atomic E-state index is 12.1. The van der Waals surface area contributed by atoms with Crippen molar-refractivity contribution in [1.29, 1.82) is 0 Å². The molecular formula is C15H15BrN2O2. The topological polar surface area (TPSA) is 62.2 Å². The van der Waals surface area contributed by atoms with Crippen molar-refractivity contribution in [3.05, 3.63) is 63.4 Å². The highest BCUT2D eigenvalue weighted by Gasteiger charge is 2.11. The Morgan fingerprint density at radius 1 is 1.25 bits per heavy atom. The molecule has 0 atom stereocenters. The van der Waals surface area contributed by atoms with E-state index < -0.39 is 0 Å². The number of nitrogens with zero attached hydrogens (tertiary/aromatic N) is 1. The fourth-order valence-electron chi connectivity index (χ4n) is 1.85. The number of nitrogens with one attached hydrogen (secondary N) is 1. The Morgan fingerprint density at radius 2 is 1.95 bits per heavy atom. The molecule has 0 bridgehead atoms. The van der Waals surface area contributed by atoms with E-state index in [-0.39, 0.29) is 12.5 Å². The molecule has 4 nitrogen and oxygen atoms in total. The minimum Gasteiger partial charge on any atom is -0.392 e. The van der Waals surface area contributed by atoms with Gasteiger partial charge < -0.3 is 10.4 Å². The number of benzene rings is 1. The minimum absolute atomic E-state index is 0.0399. The number of halogens is 1. The number of aliphatic hydroxyl groups is 1. The lowest BCUT2D eigenvalue weighted by molar-refractivity contribution is 0.0949. The molecule has 0 radical (unpaired) electrons. The summed E-state index contributed by atoms with van der Waals surface area (Å²) in [6, 6.07) is 11.0. The SMILES string of the molecule is Cc1ccc(C(=O)NCc2ccccc2CO)c(Br)n1. The van der Waals surface area contributed by atoms with E-state index in [9.17, 15) is 9.90 Å². The summed E-state index contributed by atoms with van der Waals surface area (Å²) >= 11 is 3.29. The van der Waals surface area contributed by atoms with Gasteiger partial charge >= 0.3 is 0 Å². The van der Waals surface area contributed by atoms with Gasteiger partial charge in [0.15, 0.2) is 0 Å². The monoisotopic (exact) mass is 334 g/mol. The average Bonchev–Trinajstić information content (AvgIpc) is 2.45. The average molecular weight is 335 g/mol. The first-order chi connectivity index (χ1) is 9.61. The van der Waals surface area contributed by atoms with E-state index in [1.165, 1.54) is 0 Å². The molecule has 0 fully saturated rings. The largest absolute Gasteiger partial charge is 0.392 e. The van der Waals surface area contributed by atoms with Gasteiger partial charge in [-0.05, 0) is 46.1 Å². The standard InChI is InChI=1S/C15H15BrN2O2/c1-10-6-7-13(14(16)18-10)15(20)17-8-11-4-2-3-5-12(11)9-19/h2-7,19H,8-9H2,1H3,(H,17,20). The summed E-state index contributed by atoms with van der Waals surface area (Å²) in [7, 11) is 0. The lowest BCUT2D eigenvalue weighted by Gasteiger charge is -2.10. The molecule has 104 valence electrons. The Balaban J connectivity index is 2.09. The summed E-state index contributed by atoms with van der Waals surface area (Å²) in [5.74, 6) is -0.197. The van der Waals surface area contributed by atoms with Crippen molar-refractivity contribution >= 4 is 21.8 Å². The second kappa shape index (κ2) is 6.63. The van der Waals surface area contributed by atoms with E-state index in [0.29, 0.717) is 16.7 Å². The van der Waals surface area contributed by atoms with Crippen molar-refractivity contribution in [2.24, 2.45) is 0 Å². The Hall–Kier alpha value is -1.72. The number of aliphatic hydroxyl groups excluding tert-OH is 1. The van der Waals surface area contributed by atoms with E-state index in [2.05, 4.69) is 26.2 Å². The highest BCUT2D eigenvalue weighted by molar-refractivity contribution is 9.10. The summed E-state index contributed by atoms with van der Waals surface area (Å²) in [5.41, 5.74) is 3.06. The number of aryl methyl sites for hydroxylation is 1. The van der Waals surface area contributed by atoms with Crippen LogP contribution in [0.2, 0.25) is 0 Å². The first kappa shape index (κ1) is 14.7. The van der Waals surface area contributed by atoms with E-state index >= 15 is 0 Å². The molecule has 5 heteroatoms. The van der Waals surface area contributed by atoms with Crippen LogP contribution in [0, 0.1) is 6.92 Å². The van der Waals surface area contributed by atoms with Gasteiger partial charge in [0, 0.05) is 12.2 Å². The Labute approximate surface area is 126 Å². The van der Waals surface area contributed by atoms with Crippen LogP contribution in [0.5, 0.6) is 0 Å². The third kappa shape index (κ3) is 3.43. The molecule has 0 aliphatic heterocycles. The second-order valence-electron chi connectivity index (χ2n) is 4.40. The van der Waals surface area contributed by atoms with Crippen LogP contribution in [-0.4, -0.2) is 16.0 Å². The summed E-state index contributed by atoms with van der Waals surface area (Å²) in [5, 5.41) is 12.1. The molecule has 0 aliphatic rings. The van der Waals surface area contributed by atoms with Crippen LogP contribution in [0.4, 0.5) is 0 Å². The van der Waals surface area contributed by atoms with E-state index in [1.807, 2.05) is 31.2 Å². The number of aromatic nitrogens is 1. The maximum Gasteiger partial charge on any atom is 0.254 e. The van der Waals surface area contributed by atoms with E-state index in [4.69, 9.17) is 0 Å². The number of rotatable bonds is 4. The van der Waals surface area contributed by atoms with Crippen LogP contribution in [0.15, 0.2) is 41.0 Å². The van der Waals surface area contributed by atoms with Crippen LogP contribution in [0.1, 0.15) is 27.2 Å². The molecule has 1 heterocycles. The Bertz CT molecular complexity index is 629. The molecule has 1 amide bonds.